The van der Waals surface area contributed by atoms with E-state index in [2.05, 4.69) is 4.98 Å². The van der Waals surface area contributed by atoms with E-state index in [-0.39, 0.29) is 16.2 Å². The van der Waals surface area contributed by atoms with E-state index >= 15 is 0 Å². The molecule has 1 aromatic rings. The molecule has 0 spiro atoms. The minimum Gasteiger partial charge on any atom is -0.738 e. The lowest BCUT2D eigenvalue weighted by Crippen LogP contribution is -2.33. The topological polar surface area (TPSA) is 112 Å². The summed E-state index contributed by atoms with van der Waals surface area (Å²) in [7, 11) is 0. The van der Waals surface area contributed by atoms with Crippen molar-refractivity contribution in [1.29, 1.82) is 0 Å². The highest BCUT2D eigenvalue weighted by molar-refractivity contribution is 5.58. The highest BCUT2D eigenvalue weighted by Gasteiger charge is 2.15. The molecule has 0 radical (unpaired) electrons. The van der Waals surface area contributed by atoms with Gasteiger partial charge < -0.3 is 21.8 Å². The minimum atomic E-state index is -0.668. The van der Waals surface area contributed by atoms with E-state index in [0.717, 1.165) is 0 Å². The summed E-state index contributed by atoms with van der Waals surface area (Å²) in [6, 6.07) is -0.668. The van der Waals surface area contributed by atoms with Crippen molar-refractivity contribution >= 4 is 11.5 Å². The summed E-state index contributed by atoms with van der Waals surface area (Å²) in [5, 5.41) is 19.8. The SMILES string of the molecule is CCc1nc(O)[n+]([O-])c(N)c1N. The number of aryl methyl sites for hydroxylation is 1. The fourth-order valence-corrected chi connectivity index (χ4v) is 0.861. The summed E-state index contributed by atoms with van der Waals surface area (Å²) in [5.74, 6) is -0.209. The molecule has 0 saturated heterocycles. The van der Waals surface area contributed by atoms with Crippen LogP contribution in [0.3, 0.4) is 0 Å². The van der Waals surface area contributed by atoms with Crippen molar-refractivity contribution in [1.82, 2.24) is 4.98 Å². The van der Waals surface area contributed by atoms with Gasteiger partial charge in [-0.3, -0.25) is 0 Å². The summed E-state index contributed by atoms with van der Waals surface area (Å²) in [6.45, 7) is 1.80. The van der Waals surface area contributed by atoms with Crippen molar-refractivity contribution in [3.05, 3.63) is 10.9 Å². The Hall–Kier alpha value is -1.72. The number of aromatic hydroxyl groups is 1. The molecular weight excluding hydrogens is 160 g/mol. The largest absolute Gasteiger partial charge is 0.738 e. The van der Waals surface area contributed by atoms with Crippen molar-refractivity contribution in [3.8, 4) is 6.01 Å². The average molecular weight is 170 g/mol. The van der Waals surface area contributed by atoms with Crippen LogP contribution in [0.4, 0.5) is 11.5 Å². The van der Waals surface area contributed by atoms with Gasteiger partial charge in [-0.15, -0.1) is 0 Å². The second-order valence-corrected chi connectivity index (χ2v) is 2.31. The summed E-state index contributed by atoms with van der Waals surface area (Å²) in [6.07, 6.45) is 0.518. The van der Waals surface area contributed by atoms with Gasteiger partial charge in [-0.25, -0.2) is 4.73 Å². The van der Waals surface area contributed by atoms with Crippen LogP contribution in [-0.2, 0) is 6.42 Å². The molecule has 0 atom stereocenters. The number of aromatic nitrogens is 2. The van der Waals surface area contributed by atoms with Crippen LogP contribution < -0.4 is 16.2 Å². The molecule has 6 heteroatoms. The van der Waals surface area contributed by atoms with Gasteiger partial charge in [-0.2, -0.15) is 0 Å². The zero-order valence-corrected chi connectivity index (χ0v) is 6.61. The fraction of sp³-hybridized carbons (Fsp3) is 0.333. The number of anilines is 2. The quantitative estimate of drug-likeness (QED) is 0.375. The number of rotatable bonds is 1. The van der Waals surface area contributed by atoms with E-state index < -0.39 is 6.01 Å². The van der Waals surface area contributed by atoms with E-state index in [1.165, 1.54) is 0 Å². The van der Waals surface area contributed by atoms with Gasteiger partial charge in [0.15, 0.2) is 0 Å². The van der Waals surface area contributed by atoms with E-state index in [1.807, 2.05) is 0 Å². The van der Waals surface area contributed by atoms with Crippen LogP contribution in [0.1, 0.15) is 12.6 Å². The van der Waals surface area contributed by atoms with Gasteiger partial charge in [-0.05, 0) is 0 Å². The van der Waals surface area contributed by atoms with E-state index in [9.17, 15) is 5.21 Å². The molecule has 0 aliphatic carbocycles. The second kappa shape index (κ2) is 2.72. The average Bonchev–Trinajstić information content (AvgIpc) is 2.08. The van der Waals surface area contributed by atoms with Gasteiger partial charge in [0.05, 0.1) is 0 Å². The second-order valence-electron chi connectivity index (χ2n) is 2.31. The third kappa shape index (κ3) is 1.07. The van der Waals surface area contributed by atoms with Crippen molar-refractivity contribution in [2.75, 3.05) is 11.5 Å². The Bertz CT molecular complexity index is 313. The molecular formula is C6H10N4O2. The summed E-state index contributed by atoms with van der Waals surface area (Å²) in [5.41, 5.74) is 11.3. The van der Waals surface area contributed by atoms with Gasteiger partial charge in [0.1, 0.15) is 11.4 Å². The molecule has 0 aromatic carbocycles. The number of hydrogen-bond donors (Lipinski definition) is 3. The van der Waals surface area contributed by atoms with Crippen LogP contribution in [0.25, 0.3) is 0 Å². The summed E-state index contributed by atoms with van der Waals surface area (Å²) < 4.78 is 0.0918. The Morgan fingerprint density at radius 3 is 2.67 bits per heavy atom. The maximum atomic E-state index is 10.9. The van der Waals surface area contributed by atoms with Crippen molar-refractivity contribution in [2.45, 2.75) is 13.3 Å². The highest BCUT2D eigenvalue weighted by atomic mass is 16.5. The van der Waals surface area contributed by atoms with Crippen LogP contribution in [0.15, 0.2) is 0 Å². The maximum absolute atomic E-state index is 10.9. The molecule has 0 bridgehead atoms. The first-order chi connectivity index (χ1) is 5.57. The fourth-order valence-electron chi connectivity index (χ4n) is 0.861. The van der Waals surface area contributed by atoms with Crippen LogP contribution in [0.5, 0.6) is 6.01 Å². The molecule has 6 nitrogen and oxygen atoms in total. The van der Waals surface area contributed by atoms with E-state index in [0.29, 0.717) is 12.1 Å². The van der Waals surface area contributed by atoms with Gasteiger partial charge >= 0.3 is 6.01 Å². The zero-order valence-electron chi connectivity index (χ0n) is 6.61. The molecule has 1 rings (SSSR count). The lowest BCUT2D eigenvalue weighted by atomic mass is 10.3. The minimum absolute atomic E-state index is 0.0918. The van der Waals surface area contributed by atoms with Gasteiger partial charge in [0, 0.05) is 6.42 Å². The van der Waals surface area contributed by atoms with Crippen molar-refractivity contribution in [2.24, 2.45) is 0 Å². The smallest absolute Gasteiger partial charge is 0.432 e. The highest BCUT2D eigenvalue weighted by Crippen LogP contribution is 2.16. The number of nitrogens with two attached hydrogens (primary N) is 2. The summed E-state index contributed by atoms with van der Waals surface area (Å²) in [4.78, 5) is 3.55. The molecule has 0 unspecified atom stereocenters. The third-order valence-corrected chi connectivity index (χ3v) is 1.56. The van der Waals surface area contributed by atoms with E-state index in [4.69, 9.17) is 16.6 Å². The Morgan fingerprint density at radius 1 is 1.58 bits per heavy atom. The molecule has 0 aliphatic rings. The lowest BCUT2D eigenvalue weighted by molar-refractivity contribution is -0.601. The molecule has 12 heavy (non-hydrogen) atoms. The van der Waals surface area contributed by atoms with Gasteiger partial charge in [0.25, 0.3) is 0 Å². The number of nitrogen functional groups attached to an aromatic ring is 2. The Morgan fingerprint density at radius 2 is 2.17 bits per heavy atom. The molecule has 66 valence electrons. The molecule has 0 aliphatic heterocycles. The molecule has 1 aromatic heterocycles. The monoisotopic (exact) mass is 170 g/mol. The first-order valence-electron chi connectivity index (χ1n) is 3.44. The van der Waals surface area contributed by atoms with Crippen molar-refractivity contribution in [3.63, 3.8) is 0 Å². The lowest BCUT2D eigenvalue weighted by Gasteiger charge is -2.09. The van der Waals surface area contributed by atoms with Gasteiger partial charge in [0.2, 0.25) is 5.82 Å². The Balaban J connectivity index is 3.39. The predicted octanol–water partition coefficient (Wildman–Crippen LogP) is -0.853. The summed E-state index contributed by atoms with van der Waals surface area (Å²) >= 11 is 0. The van der Waals surface area contributed by atoms with E-state index in [1.54, 1.807) is 6.92 Å². The molecule has 0 saturated carbocycles. The molecule has 1 heterocycles. The van der Waals surface area contributed by atoms with Crippen LogP contribution in [0.2, 0.25) is 0 Å². The number of hydrogen-bond acceptors (Lipinski definition) is 5. The van der Waals surface area contributed by atoms with Crippen LogP contribution in [0, 0.1) is 5.21 Å². The van der Waals surface area contributed by atoms with Crippen LogP contribution >= 0.6 is 0 Å². The van der Waals surface area contributed by atoms with Crippen molar-refractivity contribution < 1.29 is 9.84 Å². The normalized spacial score (nSPS) is 10.1. The number of nitrogens with zero attached hydrogens (tertiary/aromatic N) is 2. The third-order valence-electron chi connectivity index (χ3n) is 1.56. The van der Waals surface area contributed by atoms with Gasteiger partial charge in [-0.1, -0.05) is 11.9 Å². The Labute approximate surface area is 69.0 Å². The Kier molecular flexibility index (Phi) is 1.90. The molecule has 0 fully saturated rings. The maximum Gasteiger partial charge on any atom is 0.432 e. The first kappa shape index (κ1) is 8.38. The van der Waals surface area contributed by atoms with Crippen LogP contribution in [-0.4, -0.2) is 10.1 Å². The molecule has 0 amide bonds. The first-order valence-corrected chi connectivity index (χ1v) is 3.44. The predicted molar refractivity (Wildman–Crippen MR) is 43.1 cm³/mol. The standard InChI is InChI=1S/C6H10N4O2/c1-2-3-4(7)5(8)10(12)6(11)9-3/h2,7-8H2,1H3,(H,9,11). The molecule has 5 N–H and O–H groups in total. The zero-order chi connectivity index (χ0) is 9.30.